The summed E-state index contributed by atoms with van der Waals surface area (Å²) in [4.78, 5) is 38.2. The number of carbonyl (C=O) groups is 3. The van der Waals surface area contributed by atoms with Gasteiger partial charge in [0.25, 0.3) is 5.91 Å². The van der Waals surface area contributed by atoms with Crippen molar-refractivity contribution >= 4 is 51.4 Å². The molecule has 2 rings (SSSR count). The zero-order valence-corrected chi connectivity index (χ0v) is 18.9. The van der Waals surface area contributed by atoms with E-state index in [0.29, 0.717) is 26.2 Å². The highest BCUT2D eigenvalue weighted by atomic mass is 35.5. The third-order valence-corrected chi connectivity index (χ3v) is 5.87. The Labute approximate surface area is 179 Å². The minimum absolute atomic E-state index is 0.185. The Morgan fingerprint density at radius 2 is 1.76 bits per heavy atom. The number of esters is 1. The average Bonchev–Trinajstić information content (AvgIpc) is 2.94. The second-order valence-corrected chi connectivity index (χ2v) is 8.98. The number of hydrogen-bond donors (Lipinski definition) is 2. The molecule has 0 aliphatic heterocycles. The number of anilines is 2. The van der Waals surface area contributed by atoms with Crippen LogP contribution in [0.15, 0.2) is 18.2 Å². The first-order valence-electron chi connectivity index (χ1n) is 9.15. The molecule has 156 valence electrons. The van der Waals surface area contributed by atoms with Crippen LogP contribution in [0.1, 0.15) is 58.9 Å². The topological polar surface area (TPSA) is 84.5 Å². The third-order valence-electron chi connectivity index (χ3n) is 4.26. The zero-order chi connectivity index (χ0) is 21.9. The number of nitrogens with one attached hydrogen (secondary N) is 2. The number of benzene rings is 1. The maximum absolute atomic E-state index is 12.9. The molecule has 0 bridgehead atoms. The second-order valence-electron chi connectivity index (χ2n) is 7.55. The Hall–Kier alpha value is -2.38. The number of halogens is 1. The van der Waals surface area contributed by atoms with Crippen molar-refractivity contribution in [2.45, 2.75) is 41.5 Å². The molecule has 2 amide bonds. The molecule has 2 aromatic rings. The van der Waals surface area contributed by atoms with Gasteiger partial charge in [-0.25, -0.2) is 4.79 Å². The molecule has 0 aliphatic rings. The molecule has 0 unspecified atom stereocenters. The molecule has 1 heterocycles. The van der Waals surface area contributed by atoms with Gasteiger partial charge in [0.15, 0.2) is 0 Å². The van der Waals surface area contributed by atoms with Crippen molar-refractivity contribution < 1.29 is 19.1 Å². The Morgan fingerprint density at radius 3 is 2.34 bits per heavy atom. The molecule has 8 heteroatoms. The summed E-state index contributed by atoms with van der Waals surface area (Å²) >= 11 is 7.17. The molecule has 6 nitrogen and oxygen atoms in total. The number of amides is 2. The Bertz CT molecular complexity index is 960. The molecule has 0 radical (unpaired) electrons. The highest BCUT2D eigenvalue weighted by Gasteiger charge is 2.29. The van der Waals surface area contributed by atoms with Crippen LogP contribution in [0.3, 0.4) is 0 Å². The molecule has 0 saturated heterocycles. The molecular formula is C21H25ClN2O4S. The lowest BCUT2D eigenvalue weighted by atomic mass is 9.96. The van der Waals surface area contributed by atoms with E-state index in [1.165, 1.54) is 0 Å². The maximum atomic E-state index is 12.9. The molecule has 2 N–H and O–H groups in total. The SMILES string of the molecule is CCOC(=O)c1c(NC(=O)C(C)(C)C)sc(C(=O)Nc2cccc(Cl)c2C)c1C. The lowest BCUT2D eigenvalue weighted by Gasteiger charge is -2.17. The fraction of sp³-hybridized carbons (Fsp3) is 0.381. The predicted octanol–water partition coefficient (Wildman–Crippen LogP) is 5.43. The van der Waals surface area contributed by atoms with E-state index in [0.717, 1.165) is 16.9 Å². The number of rotatable bonds is 5. The number of carbonyl (C=O) groups excluding carboxylic acids is 3. The fourth-order valence-electron chi connectivity index (χ4n) is 2.48. The molecule has 29 heavy (non-hydrogen) atoms. The monoisotopic (exact) mass is 436 g/mol. The Kier molecular flexibility index (Phi) is 7.08. The number of hydrogen-bond acceptors (Lipinski definition) is 5. The van der Waals surface area contributed by atoms with Crippen molar-refractivity contribution in [1.82, 2.24) is 0 Å². The first-order valence-corrected chi connectivity index (χ1v) is 10.3. The quantitative estimate of drug-likeness (QED) is 0.612. The van der Waals surface area contributed by atoms with Crippen LogP contribution in [0.2, 0.25) is 5.02 Å². The molecule has 0 spiro atoms. The van der Waals surface area contributed by atoms with Crippen molar-refractivity contribution in [3.8, 4) is 0 Å². The van der Waals surface area contributed by atoms with Crippen molar-refractivity contribution in [3.63, 3.8) is 0 Å². The average molecular weight is 437 g/mol. The summed E-state index contributed by atoms with van der Waals surface area (Å²) in [5.74, 6) is -1.23. The normalized spacial score (nSPS) is 11.1. The van der Waals surface area contributed by atoms with Crippen molar-refractivity contribution in [2.24, 2.45) is 5.41 Å². The predicted molar refractivity (Wildman–Crippen MR) is 117 cm³/mol. The molecule has 1 aromatic heterocycles. The number of ether oxygens (including phenoxy) is 1. The van der Waals surface area contributed by atoms with Crippen molar-refractivity contribution in [2.75, 3.05) is 17.2 Å². The Balaban J connectivity index is 2.45. The van der Waals surface area contributed by atoms with Gasteiger partial charge in [0, 0.05) is 16.1 Å². The van der Waals surface area contributed by atoms with Crippen LogP contribution in [0, 0.1) is 19.3 Å². The van der Waals surface area contributed by atoms with Gasteiger partial charge in [0.2, 0.25) is 5.91 Å². The van der Waals surface area contributed by atoms with E-state index in [1.807, 2.05) is 0 Å². The van der Waals surface area contributed by atoms with E-state index < -0.39 is 11.4 Å². The van der Waals surface area contributed by atoms with Crippen LogP contribution in [0.25, 0.3) is 0 Å². The van der Waals surface area contributed by atoms with Crippen LogP contribution < -0.4 is 10.6 Å². The van der Waals surface area contributed by atoms with Crippen LogP contribution in [-0.4, -0.2) is 24.4 Å². The van der Waals surface area contributed by atoms with E-state index >= 15 is 0 Å². The smallest absolute Gasteiger partial charge is 0.341 e. The summed E-state index contributed by atoms with van der Waals surface area (Å²) < 4.78 is 5.13. The van der Waals surface area contributed by atoms with Gasteiger partial charge in [0.05, 0.1) is 17.0 Å². The molecule has 0 atom stereocenters. The minimum atomic E-state index is -0.663. The van der Waals surface area contributed by atoms with Gasteiger partial charge in [-0.3, -0.25) is 9.59 Å². The maximum Gasteiger partial charge on any atom is 0.341 e. The van der Waals surface area contributed by atoms with Gasteiger partial charge in [0.1, 0.15) is 5.00 Å². The fourth-order valence-corrected chi connectivity index (χ4v) is 3.74. The van der Waals surface area contributed by atoms with Crippen LogP contribution in [0.4, 0.5) is 10.7 Å². The number of thiophene rings is 1. The second kappa shape index (κ2) is 8.97. The van der Waals surface area contributed by atoms with Crippen molar-refractivity contribution in [1.29, 1.82) is 0 Å². The third kappa shape index (κ3) is 5.16. The standard InChI is InChI=1S/C21H25ClN2O4S/c1-7-28-19(26)15-12(3)16(29-18(15)24-20(27)21(4,5)6)17(25)23-14-10-8-9-13(22)11(14)2/h8-10H,7H2,1-6H3,(H,23,25)(H,24,27). The van der Waals surface area contributed by atoms with E-state index in [-0.39, 0.29) is 24.0 Å². The van der Waals surface area contributed by atoms with E-state index in [2.05, 4.69) is 10.6 Å². The summed E-state index contributed by atoms with van der Waals surface area (Å²) in [5, 5.41) is 6.43. The molecule has 0 saturated carbocycles. The lowest BCUT2D eigenvalue weighted by molar-refractivity contribution is -0.123. The Morgan fingerprint density at radius 1 is 1.10 bits per heavy atom. The van der Waals surface area contributed by atoms with E-state index in [4.69, 9.17) is 16.3 Å². The van der Waals surface area contributed by atoms with Gasteiger partial charge < -0.3 is 15.4 Å². The summed E-state index contributed by atoms with van der Waals surface area (Å²) in [5.41, 5.74) is 1.30. The molecule has 0 aliphatic carbocycles. The van der Waals surface area contributed by atoms with Crippen molar-refractivity contribution in [3.05, 3.63) is 44.8 Å². The molecule has 0 fully saturated rings. The van der Waals surface area contributed by atoms with Gasteiger partial charge >= 0.3 is 5.97 Å². The first-order chi connectivity index (χ1) is 13.5. The summed E-state index contributed by atoms with van der Waals surface area (Å²) in [7, 11) is 0. The van der Waals surface area contributed by atoms with E-state index in [1.54, 1.807) is 59.7 Å². The highest BCUT2D eigenvalue weighted by Crippen LogP contribution is 2.35. The summed E-state index contributed by atoms with van der Waals surface area (Å²) in [6, 6.07) is 5.23. The van der Waals surface area contributed by atoms with Gasteiger partial charge in [-0.2, -0.15) is 0 Å². The highest BCUT2D eigenvalue weighted by molar-refractivity contribution is 7.19. The zero-order valence-electron chi connectivity index (χ0n) is 17.4. The van der Waals surface area contributed by atoms with Gasteiger partial charge in [-0.15, -0.1) is 11.3 Å². The minimum Gasteiger partial charge on any atom is -0.462 e. The molecular weight excluding hydrogens is 412 g/mol. The largest absolute Gasteiger partial charge is 0.462 e. The van der Waals surface area contributed by atoms with Gasteiger partial charge in [-0.05, 0) is 44.0 Å². The summed E-state index contributed by atoms with van der Waals surface area (Å²) in [6.07, 6.45) is 0. The van der Waals surface area contributed by atoms with Crippen LogP contribution >= 0.6 is 22.9 Å². The van der Waals surface area contributed by atoms with Crippen LogP contribution in [-0.2, 0) is 9.53 Å². The molecule has 1 aromatic carbocycles. The lowest BCUT2D eigenvalue weighted by Crippen LogP contribution is -2.28. The first kappa shape index (κ1) is 22.9. The van der Waals surface area contributed by atoms with E-state index in [9.17, 15) is 14.4 Å². The summed E-state index contributed by atoms with van der Waals surface area (Å²) in [6.45, 7) is 10.6. The van der Waals surface area contributed by atoms with Gasteiger partial charge in [-0.1, -0.05) is 38.4 Å². The van der Waals surface area contributed by atoms with Crippen LogP contribution in [0.5, 0.6) is 0 Å².